The van der Waals surface area contributed by atoms with Gasteiger partial charge < -0.3 is 10.6 Å². The molecule has 0 amide bonds. The van der Waals surface area contributed by atoms with Gasteiger partial charge in [0.25, 0.3) is 0 Å². The van der Waals surface area contributed by atoms with Gasteiger partial charge in [-0.3, -0.25) is 0 Å². The summed E-state index contributed by atoms with van der Waals surface area (Å²) >= 11 is 0. The van der Waals surface area contributed by atoms with Crippen LogP contribution in [0.15, 0.2) is 36.4 Å². The third-order valence-electron chi connectivity index (χ3n) is 2.40. The predicted molar refractivity (Wildman–Crippen MR) is 62.7 cm³/mol. The van der Waals surface area contributed by atoms with Crippen LogP contribution >= 0.6 is 0 Å². The lowest BCUT2D eigenvalue weighted by Crippen LogP contribution is -2.09. The number of nitrogen functional groups attached to an aromatic ring is 1. The second-order valence-corrected chi connectivity index (χ2v) is 3.62. The summed E-state index contributed by atoms with van der Waals surface area (Å²) < 4.78 is 0. The molecule has 2 heteroatoms. The second-order valence-electron chi connectivity index (χ2n) is 3.62. The fraction of sp³-hybridized carbons (Fsp3) is 0.167. The highest BCUT2D eigenvalue weighted by Crippen LogP contribution is 2.29. The Bertz CT molecular complexity index is 456. The van der Waals surface area contributed by atoms with Gasteiger partial charge in [0.15, 0.2) is 0 Å². The molecule has 0 radical (unpaired) electrons. The summed E-state index contributed by atoms with van der Waals surface area (Å²) in [6.45, 7) is 0. The Morgan fingerprint density at radius 3 is 2.29 bits per heavy atom. The van der Waals surface area contributed by atoms with Crippen molar-refractivity contribution in [1.29, 1.82) is 0 Å². The molecular weight excluding hydrogens is 174 g/mol. The van der Waals surface area contributed by atoms with Gasteiger partial charge in [-0.2, -0.15) is 0 Å². The smallest absolute Gasteiger partial charge is 0.0461 e. The van der Waals surface area contributed by atoms with Crippen molar-refractivity contribution >= 4 is 22.1 Å². The van der Waals surface area contributed by atoms with Crippen molar-refractivity contribution < 1.29 is 0 Å². The third kappa shape index (κ3) is 1.29. The van der Waals surface area contributed by atoms with E-state index in [4.69, 9.17) is 5.73 Å². The van der Waals surface area contributed by atoms with Crippen LogP contribution in [-0.4, -0.2) is 14.1 Å². The molecule has 2 N–H and O–H groups in total. The normalized spacial score (nSPS) is 10.4. The van der Waals surface area contributed by atoms with Crippen molar-refractivity contribution in [3.63, 3.8) is 0 Å². The van der Waals surface area contributed by atoms with Gasteiger partial charge in [0.1, 0.15) is 0 Å². The van der Waals surface area contributed by atoms with Gasteiger partial charge >= 0.3 is 0 Å². The van der Waals surface area contributed by atoms with Gasteiger partial charge in [0.05, 0.1) is 0 Å². The largest absolute Gasteiger partial charge is 0.398 e. The van der Waals surface area contributed by atoms with Crippen molar-refractivity contribution in [3.05, 3.63) is 36.4 Å². The molecule has 72 valence electrons. The highest BCUT2D eigenvalue weighted by molar-refractivity contribution is 6.02. The zero-order valence-corrected chi connectivity index (χ0v) is 8.49. The molecular formula is C12H14N2. The molecule has 2 aromatic rings. The van der Waals surface area contributed by atoms with E-state index in [1.807, 2.05) is 26.2 Å². The summed E-state index contributed by atoms with van der Waals surface area (Å²) in [4.78, 5) is 2.08. The molecule has 0 unspecified atom stereocenters. The van der Waals surface area contributed by atoms with Crippen LogP contribution in [0.25, 0.3) is 10.8 Å². The summed E-state index contributed by atoms with van der Waals surface area (Å²) in [5.74, 6) is 0. The summed E-state index contributed by atoms with van der Waals surface area (Å²) in [7, 11) is 4.06. The minimum Gasteiger partial charge on any atom is -0.398 e. The first kappa shape index (κ1) is 8.88. The Balaban J connectivity index is 2.84. The van der Waals surface area contributed by atoms with Crippen molar-refractivity contribution in [1.82, 2.24) is 0 Å². The van der Waals surface area contributed by atoms with E-state index in [1.165, 1.54) is 11.1 Å². The quantitative estimate of drug-likeness (QED) is 0.550. The molecule has 0 aliphatic rings. The Morgan fingerprint density at radius 2 is 1.64 bits per heavy atom. The molecule has 2 rings (SSSR count). The van der Waals surface area contributed by atoms with Crippen LogP contribution in [0.5, 0.6) is 0 Å². The van der Waals surface area contributed by atoms with E-state index in [2.05, 4.69) is 29.2 Å². The Kier molecular flexibility index (Phi) is 2.04. The number of nitrogens with two attached hydrogens (primary N) is 1. The molecule has 0 aliphatic heterocycles. The minimum absolute atomic E-state index is 0.840. The number of anilines is 2. The van der Waals surface area contributed by atoms with Crippen molar-refractivity contribution in [2.24, 2.45) is 0 Å². The first-order chi connectivity index (χ1) is 6.70. The summed E-state index contributed by atoms with van der Waals surface area (Å²) in [6.07, 6.45) is 0. The number of benzene rings is 2. The fourth-order valence-electron chi connectivity index (χ4n) is 1.72. The van der Waals surface area contributed by atoms with E-state index in [0.29, 0.717) is 0 Å². The summed E-state index contributed by atoms with van der Waals surface area (Å²) in [6, 6.07) is 12.2. The maximum atomic E-state index is 5.97. The highest BCUT2D eigenvalue weighted by atomic mass is 15.8. The SMILES string of the molecule is C[15N](C)c1cccc2cccc([15NH2])c12. The lowest BCUT2D eigenvalue weighted by Gasteiger charge is -2.16. The molecule has 0 aromatic heterocycles. The maximum Gasteiger partial charge on any atom is 0.0461 e. The van der Waals surface area contributed by atoms with Crippen LogP contribution in [-0.2, 0) is 0 Å². The van der Waals surface area contributed by atoms with Crippen molar-refractivity contribution in [2.45, 2.75) is 0 Å². The van der Waals surface area contributed by atoms with E-state index in [1.54, 1.807) is 0 Å². The van der Waals surface area contributed by atoms with Crippen molar-refractivity contribution in [2.75, 3.05) is 24.7 Å². The number of rotatable bonds is 1. The average molecular weight is 188 g/mol. The molecule has 0 spiro atoms. The molecule has 0 aliphatic carbocycles. The number of hydrogen-bond acceptors (Lipinski definition) is 2. The molecule has 0 saturated carbocycles. The summed E-state index contributed by atoms with van der Waals surface area (Å²) in [5, 5.41) is 2.33. The zero-order valence-electron chi connectivity index (χ0n) is 8.49. The van der Waals surface area contributed by atoms with Gasteiger partial charge in [-0.25, -0.2) is 0 Å². The molecule has 0 saturated heterocycles. The highest BCUT2D eigenvalue weighted by Gasteiger charge is 2.04. The van der Waals surface area contributed by atoms with Crippen LogP contribution in [0.4, 0.5) is 11.4 Å². The third-order valence-corrected chi connectivity index (χ3v) is 2.40. The van der Waals surface area contributed by atoms with E-state index >= 15 is 0 Å². The van der Waals surface area contributed by atoms with Crippen LogP contribution < -0.4 is 10.6 Å². The monoisotopic (exact) mass is 188 g/mol. The van der Waals surface area contributed by atoms with Crippen LogP contribution in [0, 0.1) is 0 Å². The van der Waals surface area contributed by atoms with E-state index in [-0.39, 0.29) is 0 Å². The molecule has 0 fully saturated rings. The second kappa shape index (κ2) is 3.22. The van der Waals surface area contributed by atoms with Gasteiger partial charge in [-0.05, 0) is 17.5 Å². The van der Waals surface area contributed by atoms with E-state index in [0.717, 1.165) is 11.1 Å². The maximum absolute atomic E-state index is 5.97. The molecule has 0 atom stereocenters. The van der Waals surface area contributed by atoms with E-state index in [9.17, 15) is 0 Å². The summed E-state index contributed by atoms with van der Waals surface area (Å²) in [5.41, 5.74) is 7.98. The molecule has 14 heavy (non-hydrogen) atoms. The molecule has 0 heterocycles. The zero-order chi connectivity index (χ0) is 10.1. The Morgan fingerprint density at radius 1 is 1.00 bits per heavy atom. The number of nitrogens with zero attached hydrogens (tertiary/aromatic N) is 1. The van der Waals surface area contributed by atoms with Crippen LogP contribution in [0.3, 0.4) is 0 Å². The topological polar surface area (TPSA) is 29.3 Å². The minimum atomic E-state index is 0.840. The van der Waals surface area contributed by atoms with Gasteiger partial charge in [0, 0.05) is 30.9 Å². The lowest BCUT2D eigenvalue weighted by atomic mass is 10.1. The van der Waals surface area contributed by atoms with Crippen LogP contribution in [0.1, 0.15) is 0 Å². The first-order valence-electron chi connectivity index (χ1n) is 4.64. The van der Waals surface area contributed by atoms with Gasteiger partial charge in [0.2, 0.25) is 0 Å². The molecule has 0 bridgehead atoms. The molecule has 2 nitrogen and oxygen atoms in total. The number of fused-ring (bicyclic) bond motifs is 1. The van der Waals surface area contributed by atoms with E-state index < -0.39 is 0 Å². The van der Waals surface area contributed by atoms with Crippen LogP contribution in [0.2, 0.25) is 0 Å². The Labute approximate surface area is 83.9 Å². The van der Waals surface area contributed by atoms with Crippen molar-refractivity contribution in [3.8, 4) is 0 Å². The standard InChI is InChI=1S/C12H14N2/c1-14(2)11-8-4-6-9-5-3-7-10(13)12(9)11/h3-8H,13H2,1-2H3/i13+1,14+1. The van der Waals surface area contributed by atoms with Gasteiger partial charge in [-0.15, -0.1) is 0 Å². The number of hydrogen-bond donors (Lipinski definition) is 1. The predicted octanol–water partition coefficient (Wildman–Crippen LogP) is 2.49. The Hall–Kier alpha value is -1.70. The average Bonchev–Trinajstić information content (AvgIpc) is 2.17. The lowest BCUT2D eigenvalue weighted by molar-refractivity contribution is 1.14. The first-order valence-corrected chi connectivity index (χ1v) is 4.64. The molecule has 2 aromatic carbocycles. The van der Waals surface area contributed by atoms with Gasteiger partial charge in [-0.1, -0.05) is 24.3 Å². The fourth-order valence-corrected chi connectivity index (χ4v) is 1.72.